The molecule has 120 valence electrons. The van der Waals surface area contributed by atoms with Gasteiger partial charge in [0.25, 0.3) is 0 Å². The lowest BCUT2D eigenvalue weighted by Crippen LogP contribution is -2.28. The predicted octanol–water partition coefficient (Wildman–Crippen LogP) is 5.32. The molecule has 0 amide bonds. The second kappa shape index (κ2) is 8.52. The fraction of sp³-hybridized carbons (Fsp3) is 0.0500. The molecule has 24 heavy (non-hydrogen) atoms. The van der Waals surface area contributed by atoms with Crippen molar-refractivity contribution in [3.05, 3.63) is 90.5 Å². The summed E-state index contributed by atoms with van der Waals surface area (Å²) in [7, 11) is 0. The summed E-state index contributed by atoms with van der Waals surface area (Å²) in [6.45, 7) is 0.709. The van der Waals surface area contributed by atoms with E-state index in [4.69, 9.17) is 12.2 Å². The van der Waals surface area contributed by atoms with Crippen LogP contribution < -0.4 is 10.6 Å². The molecule has 0 bridgehead atoms. The number of nitrogens with one attached hydrogen (secondary N) is 2. The smallest absolute Gasteiger partial charge is 0.171 e. The van der Waals surface area contributed by atoms with Crippen LogP contribution >= 0.6 is 24.0 Å². The summed E-state index contributed by atoms with van der Waals surface area (Å²) in [6, 6.07) is 28.7. The van der Waals surface area contributed by atoms with E-state index >= 15 is 0 Å². The molecule has 2 N–H and O–H groups in total. The molecular formula is C20H18N2S2. The Morgan fingerprint density at radius 2 is 1.42 bits per heavy atom. The van der Waals surface area contributed by atoms with E-state index in [2.05, 4.69) is 41.0 Å². The standard InChI is InChI=1S/C20H18N2S2/c23-20(21-15-16-9-3-1-4-10-16)22-18-13-7-8-14-19(18)24-17-11-5-2-6-12-17/h1-14H,15H2,(H2,21,22,23). The maximum absolute atomic E-state index is 5.43. The van der Waals surface area contributed by atoms with Gasteiger partial charge in [0.15, 0.2) is 5.11 Å². The highest BCUT2D eigenvalue weighted by Gasteiger charge is 2.05. The van der Waals surface area contributed by atoms with Crippen LogP contribution in [0.25, 0.3) is 0 Å². The Bertz CT molecular complexity index is 789. The van der Waals surface area contributed by atoms with E-state index in [1.165, 1.54) is 10.5 Å². The van der Waals surface area contributed by atoms with Crippen LogP contribution in [0.4, 0.5) is 5.69 Å². The third-order valence-corrected chi connectivity index (χ3v) is 4.73. The second-order valence-corrected chi connectivity index (χ2v) is 6.73. The van der Waals surface area contributed by atoms with Crippen molar-refractivity contribution in [3.8, 4) is 0 Å². The minimum absolute atomic E-state index is 0.625. The van der Waals surface area contributed by atoms with Gasteiger partial charge in [0, 0.05) is 16.3 Å². The van der Waals surface area contributed by atoms with Crippen molar-refractivity contribution in [2.24, 2.45) is 0 Å². The summed E-state index contributed by atoms with van der Waals surface area (Å²) < 4.78 is 0. The van der Waals surface area contributed by atoms with E-state index < -0.39 is 0 Å². The summed E-state index contributed by atoms with van der Waals surface area (Å²) in [6.07, 6.45) is 0. The Morgan fingerprint density at radius 3 is 2.17 bits per heavy atom. The van der Waals surface area contributed by atoms with E-state index in [0.717, 1.165) is 10.6 Å². The molecule has 0 saturated carbocycles. The van der Waals surface area contributed by atoms with Gasteiger partial charge in [-0.3, -0.25) is 0 Å². The van der Waals surface area contributed by atoms with Gasteiger partial charge in [0.2, 0.25) is 0 Å². The molecule has 0 radical (unpaired) electrons. The average molecular weight is 351 g/mol. The van der Waals surface area contributed by atoms with E-state index in [1.807, 2.05) is 54.6 Å². The van der Waals surface area contributed by atoms with Crippen LogP contribution in [0.15, 0.2) is 94.7 Å². The second-order valence-electron chi connectivity index (χ2n) is 5.20. The van der Waals surface area contributed by atoms with Crippen molar-refractivity contribution in [3.63, 3.8) is 0 Å². The molecule has 0 aliphatic carbocycles. The fourth-order valence-corrected chi connectivity index (χ4v) is 3.32. The quantitative estimate of drug-likeness (QED) is 0.608. The van der Waals surface area contributed by atoms with E-state index in [1.54, 1.807) is 11.8 Å². The number of benzene rings is 3. The van der Waals surface area contributed by atoms with Gasteiger partial charge in [-0.05, 0) is 42.0 Å². The molecule has 3 aromatic rings. The first-order chi connectivity index (χ1) is 11.8. The molecule has 0 aromatic heterocycles. The molecule has 0 spiro atoms. The third kappa shape index (κ3) is 4.85. The van der Waals surface area contributed by atoms with Crippen molar-refractivity contribution in [1.29, 1.82) is 0 Å². The highest BCUT2D eigenvalue weighted by Crippen LogP contribution is 2.33. The summed E-state index contributed by atoms with van der Waals surface area (Å²) in [5, 5.41) is 7.18. The third-order valence-electron chi connectivity index (χ3n) is 3.40. The molecule has 0 aliphatic heterocycles. The first-order valence-electron chi connectivity index (χ1n) is 7.72. The Balaban J connectivity index is 1.63. The van der Waals surface area contributed by atoms with Gasteiger partial charge in [-0.2, -0.15) is 0 Å². The molecule has 3 aromatic carbocycles. The Hall–Kier alpha value is -2.30. The van der Waals surface area contributed by atoms with Crippen molar-refractivity contribution >= 4 is 34.8 Å². The van der Waals surface area contributed by atoms with Crippen molar-refractivity contribution in [2.45, 2.75) is 16.3 Å². The normalized spacial score (nSPS) is 10.2. The molecule has 0 fully saturated rings. The van der Waals surface area contributed by atoms with Crippen molar-refractivity contribution in [1.82, 2.24) is 5.32 Å². The molecule has 3 rings (SSSR count). The molecule has 2 nitrogen and oxygen atoms in total. The van der Waals surface area contributed by atoms with Crippen LogP contribution in [-0.4, -0.2) is 5.11 Å². The molecule has 4 heteroatoms. The van der Waals surface area contributed by atoms with Gasteiger partial charge >= 0.3 is 0 Å². The lowest BCUT2D eigenvalue weighted by Gasteiger charge is -2.14. The molecule has 0 aliphatic rings. The van der Waals surface area contributed by atoms with Crippen molar-refractivity contribution < 1.29 is 0 Å². The van der Waals surface area contributed by atoms with E-state index in [0.29, 0.717) is 11.7 Å². The first-order valence-corrected chi connectivity index (χ1v) is 8.94. The zero-order valence-electron chi connectivity index (χ0n) is 13.1. The van der Waals surface area contributed by atoms with E-state index in [-0.39, 0.29) is 0 Å². The lowest BCUT2D eigenvalue weighted by molar-refractivity contribution is 0.925. The SMILES string of the molecule is S=C(NCc1ccccc1)Nc1ccccc1Sc1ccccc1. The van der Waals surface area contributed by atoms with Gasteiger partial charge in [0.1, 0.15) is 0 Å². The maximum Gasteiger partial charge on any atom is 0.171 e. The number of para-hydroxylation sites is 1. The maximum atomic E-state index is 5.43. The summed E-state index contributed by atoms with van der Waals surface area (Å²) in [5.74, 6) is 0. The van der Waals surface area contributed by atoms with Crippen LogP contribution in [0, 0.1) is 0 Å². The number of hydrogen-bond donors (Lipinski definition) is 2. The number of rotatable bonds is 5. The molecule has 0 unspecified atom stereocenters. The van der Waals surface area contributed by atoms with Crippen LogP contribution in [0.1, 0.15) is 5.56 Å². The molecule has 0 atom stereocenters. The Kier molecular flexibility index (Phi) is 5.88. The highest BCUT2D eigenvalue weighted by molar-refractivity contribution is 7.99. The summed E-state index contributed by atoms with van der Waals surface area (Å²) >= 11 is 7.15. The molecule has 0 heterocycles. The lowest BCUT2D eigenvalue weighted by atomic mass is 10.2. The highest BCUT2D eigenvalue weighted by atomic mass is 32.2. The van der Waals surface area contributed by atoms with Gasteiger partial charge in [-0.15, -0.1) is 0 Å². The Morgan fingerprint density at radius 1 is 0.792 bits per heavy atom. The molecule has 0 saturated heterocycles. The summed E-state index contributed by atoms with van der Waals surface area (Å²) in [4.78, 5) is 2.35. The van der Waals surface area contributed by atoms with Gasteiger partial charge in [0.05, 0.1) is 5.69 Å². The average Bonchev–Trinajstić information content (AvgIpc) is 2.63. The topological polar surface area (TPSA) is 24.1 Å². The fourth-order valence-electron chi connectivity index (χ4n) is 2.22. The van der Waals surface area contributed by atoms with Crippen LogP contribution in [-0.2, 0) is 6.54 Å². The minimum atomic E-state index is 0.625. The largest absolute Gasteiger partial charge is 0.358 e. The van der Waals surface area contributed by atoms with Crippen LogP contribution in [0.2, 0.25) is 0 Å². The zero-order valence-corrected chi connectivity index (χ0v) is 14.7. The van der Waals surface area contributed by atoms with Crippen molar-refractivity contribution in [2.75, 3.05) is 5.32 Å². The monoisotopic (exact) mass is 350 g/mol. The van der Waals surface area contributed by atoms with E-state index in [9.17, 15) is 0 Å². The van der Waals surface area contributed by atoms with Gasteiger partial charge in [-0.25, -0.2) is 0 Å². The minimum Gasteiger partial charge on any atom is -0.358 e. The van der Waals surface area contributed by atoms with Crippen LogP contribution in [0.5, 0.6) is 0 Å². The number of thiocarbonyl (C=S) groups is 1. The zero-order chi connectivity index (χ0) is 16.6. The predicted molar refractivity (Wildman–Crippen MR) is 107 cm³/mol. The first kappa shape index (κ1) is 16.6. The van der Waals surface area contributed by atoms with Gasteiger partial charge < -0.3 is 10.6 Å². The number of anilines is 1. The Labute approximate surface area is 152 Å². The van der Waals surface area contributed by atoms with Gasteiger partial charge in [-0.1, -0.05) is 72.4 Å². The number of hydrogen-bond acceptors (Lipinski definition) is 2. The summed E-state index contributed by atoms with van der Waals surface area (Å²) in [5.41, 5.74) is 2.21. The molecular weight excluding hydrogens is 332 g/mol. The van der Waals surface area contributed by atoms with Crippen LogP contribution in [0.3, 0.4) is 0 Å².